The summed E-state index contributed by atoms with van der Waals surface area (Å²) in [6, 6.07) is 50.0. The number of allylic oxidation sites excluding steroid dienone is 4. The quantitative estimate of drug-likeness (QED) is 0.190. The summed E-state index contributed by atoms with van der Waals surface area (Å²) in [5.41, 5.74) is 12.0. The van der Waals surface area contributed by atoms with E-state index >= 15 is 0 Å². The summed E-state index contributed by atoms with van der Waals surface area (Å²) in [7, 11) is 0. The minimum Gasteiger partial charge on any atom is -0.312 e. The monoisotopic (exact) mass is 651 g/mol. The lowest BCUT2D eigenvalue weighted by Gasteiger charge is -2.26. The van der Waals surface area contributed by atoms with Crippen LogP contribution in [0.2, 0.25) is 0 Å². The molecule has 2 aromatic heterocycles. The van der Waals surface area contributed by atoms with Crippen molar-refractivity contribution in [3.63, 3.8) is 0 Å². The molecule has 0 N–H and O–H groups in total. The second-order valence-electron chi connectivity index (χ2n) is 13.2. The van der Waals surface area contributed by atoms with E-state index in [1.807, 2.05) is 48.5 Å². The van der Waals surface area contributed by atoms with Crippen molar-refractivity contribution in [2.45, 2.75) is 13.3 Å². The third-order valence-corrected chi connectivity index (χ3v) is 10.2. The predicted molar refractivity (Wildman–Crippen MR) is 206 cm³/mol. The van der Waals surface area contributed by atoms with Gasteiger partial charge in [0.1, 0.15) is 0 Å². The summed E-state index contributed by atoms with van der Waals surface area (Å²) in [6.07, 6.45) is 5.33. The number of aromatic nitrogens is 2. The van der Waals surface area contributed by atoms with Gasteiger partial charge in [-0.05, 0) is 78.2 Å². The Bertz CT molecular complexity index is 2890. The molecule has 0 aliphatic heterocycles. The van der Waals surface area contributed by atoms with Crippen LogP contribution in [0.4, 0.5) is 0 Å². The molecule has 9 rings (SSSR count). The van der Waals surface area contributed by atoms with Gasteiger partial charge in [0, 0.05) is 50.0 Å². The van der Waals surface area contributed by atoms with Crippen LogP contribution >= 0.6 is 0 Å². The molecule has 6 aromatic carbocycles. The number of nitrogens with zero attached hydrogens (tertiary/aromatic N) is 5. The van der Waals surface area contributed by atoms with Crippen molar-refractivity contribution < 1.29 is 0 Å². The summed E-state index contributed by atoms with van der Waals surface area (Å²) in [5, 5.41) is 34.3. The first-order valence-electron chi connectivity index (χ1n) is 17.0. The molecule has 0 fully saturated rings. The van der Waals surface area contributed by atoms with Gasteiger partial charge < -0.3 is 9.13 Å². The highest BCUT2D eigenvalue weighted by Crippen LogP contribution is 2.42. The third-order valence-electron chi connectivity index (χ3n) is 10.2. The minimum atomic E-state index is 0.240. The molecule has 0 spiro atoms. The number of rotatable bonds is 4. The van der Waals surface area contributed by atoms with Gasteiger partial charge in [-0.1, -0.05) is 85.8 Å². The lowest BCUT2D eigenvalue weighted by Crippen LogP contribution is -2.11. The van der Waals surface area contributed by atoms with E-state index in [9.17, 15) is 15.8 Å². The minimum absolute atomic E-state index is 0.240. The molecular formula is C46H29N5. The number of fused-ring (bicyclic) bond motifs is 6. The van der Waals surface area contributed by atoms with Gasteiger partial charge in [-0.2, -0.15) is 15.8 Å². The molecule has 1 atom stereocenters. The maximum atomic E-state index is 10.6. The Labute approximate surface area is 295 Å². The maximum Gasteiger partial charge on any atom is 0.0998 e. The highest BCUT2D eigenvalue weighted by Gasteiger charge is 2.24. The van der Waals surface area contributed by atoms with Crippen LogP contribution in [0.3, 0.4) is 0 Å². The van der Waals surface area contributed by atoms with E-state index in [0.717, 1.165) is 67.2 Å². The van der Waals surface area contributed by atoms with Crippen molar-refractivity contribution in [2.75, 3.05) is 0 Å². The Morgan fingerprint density at radius 1 is 0.549 bits per heavy atom. The fourth-order valence-corrected chi connectivity index (χ4v) is 7.92. The van der Waals surface area contributed by atoms with Crippen molar-refractivity contribution in [1.29, 1.82) is 15.8 Å². The topological polar surface area (TPSA) is 81.2 Å². The first-order chi connectivity index (χ1) is 25.1. The Morgan fingerprint density at radius 2 is 1.22 bits per heavy atom. The Kier molecular flexibility index (Phi) is 6.92. The van der Waals surface area contributed by atoms with E-state index in [0.29, 0.717) is 16.7 Å². The average molecular weight is 652 g/mol. The van der Waals surface area contributed by atoms with Crippen LogP contribution in [0.5, 0.6) is 0 Å². The van der Waals surface area contributed by atoms with Gasteiger partial charge in [0.15, 0.2) is 0 Å². The van der Waals surface area contributed by atoms with Crippen LogP contribution < -0.4 is 0 Å². The van der Waals surface area contributed by atoms with Gasteiger partial charge in [0.2, 0.25) is 0 Å². The van der Waals surface area contributed by atoms with Crippen LogP contribution in [-0.4, -0.2) is 9.13 Å². The fraction of sp³-hybridized carbons (Fsp3) is 0.0652. The lowest BCUT2D eigenvalue weighted by atomic mass is 9.86. The average Bonchev–Trinajstić information content (AvgIpc) is 3.69. The number of benzene rings is 6. The van der Waals surface area contributed by atoms with Gasteiger partial charge in [0.05, 0.1) is 57.0 Å². The summed E-state index contributed by atoms with van der Waals surface area (Å²) < 4.78 is 4.54. The molecule has 1 aliphatic rings. The molecule has 0 radical (unpaired) electrons. The normalized spacial score (nSPS) is 14.3. The smallest absolute Gasteiger partial charge is 0.0998 e. The molecule has 2 heterocycles. The molecule has 51 heavy (non-hydrogen) atoms. The molecule has 0 amide bonds. The highest BCUT2D eigenvalue weighted by molar-refractivity contribution is 6.12. The fourth-order valence-electron chi connectivity index (χ4n) is 7.92. The zero-order chi connectivity index (χ0) is 34.6. The standard InChI is InChI=1S/C46H29N5/c1-29-8-6-13-40(46(29)51-42-14-4-2-11-37(42)38-12-3-5-15-43(38)51)36-20-18-33(24-34(36)28-49)32-9-7-10-35(25-32)50-44-21-17-30(26-47)22-41(44)39-19-16-31(27-48)23-45(39)50/h2-7,9-25,29H,8H2,1H3. The summed E-state index contributed by atoms with van der Waals surface area (Å²) in [5.74, 6) is 0.240. The van der Waals surface area contributed by atoms with Crippen LogP contribution in [0.25, 0.3) is 71.7 Å². The highest BCUT2D eigenvalue weighted by atomic mass is 15.0. The Hall–Kier alpha value is -7.13. The second kappa shape index (κ2) is 11.8. The molecule has 238 valence electrons. The molecule has 0 saturated carbocycles. The van der Waals surface area contributed by atoms with E-state index in [2.05, 4.69) is 125 Å². The third kappa shape index (κ3) is 4.67. The van der Waals surface area contributed by atoms with Gasteiger partial charge in [-0.3, -0.25) is 0 Å². The van der Waals surface area contributed by atoms with Gasteiger partial charge in [0.25, 0.3) is 0 Å². The molecule has 5 heteroatoms. The molecule has 0 saturated heterocycles. The first-order valence-corrected chi connectivity index (χ1v) is 17.0. The Balaban J connectivity index is 1.21. The van der Waals surface area contributed by atoms with Crippen LogP contribution in [0.15, 0.2) is 140 Å². The SMILES string of the molecule is CC1CC=CC(c2ccc(-c3cccc(-n4c5ccc(C#N)cc5c5ccc(C#N)cc54)c3)cc2C#N)=C1n1c2ccccc2c2ccccc21. The van der Waals surface area contributed by atoms with E-state index in [1.54, 1.807) is 0 Å². The lowest BCUT2D eigenvalue weighted by molar-refractivity contribution is 0.728. The van der Waals surface area contributed by atoms with Crippen molar-refractivity contribution in [3.05, 3.63) is 162 Å². The maximum absolute atomic E-state index is 10.6. The van der Waals surface area contributed by atoms with E-state index in [1.165, 1.54) is 16.5 Å². The van der Waals surface area contributed by atoms with Crippen LogP contribution in [0, 0.1) is 39.9 Å². The van der Waals surface area contributed by atoms with Crippen LogP contribution in [0.1, 0.15) is 35.6 Å². The van der Waals surface area contributed by atoms with Gasteiger partial charge in [-0.15, -0.1) is 0 Å². The summed E-state index contributed by atoms with van der Waals surface area (Å²) in [4.78, 5) is 0. The van der Waals surface area contributed by atoms with Gasteiger partial charge >= 0.3 is 0 Å². The summed E-state index contributed by atoms with van der Waals surface area (Å²) in [6.45, 7) is 2.27. The largest absolute Gasteiger partial charge is 0.312 e. The van der Waals surface area contributed by atoms with E-state index < -0.39 is 0 Å². The van der Waals surface area contributed by atoms with Gasteiger partial charge in [-0.25, -0.2) is 0 Å². The Morgan fingerprint density at radius 3 is 1.96 bits per heavy atom. The molecule has 1 unspecified atom stereocenters. The van der Waals surface area contributed by atoms with Crippen molar-refractivity contribution >= 4 is 54.9 Å². The van der Waals surface area contributed by atoms with Crippen LogP contribution in [-0.2, 0) is 0 Å². The van der Waals surface area contributed by atoms with Crippen molar-refractivity contribution in [3.8, 4) is 35.0 Å². The number of hydrogen-bond acceptors (Lipinski definition) is 3. The molecule has 8 aromatic rings. The predicted octanol–water partition coefficient (Wildman–Crippen LogP) is 11.1. The second-order valence-corrected chi connectivity index (χ2v) is 13.2. The number of para-hydroxylation sites is 2. The first kappa shape index (κ1) is 30.0. The molecular weight excluding hydrogens is 623 g/mol. The molecule has 0 bridgehead atoms. The number of hydrogen-bond donors (Lipinski definition) is 0. The molecule has 1 aliphatic carbocycles. The van der Waals surface area contributed by atoms with Crippen molar-refractivity contribution in [1.82, 2.24) is 9.13 Å². The van der Waals surface area contributed by atoms with Crippen molar-refractivity contribution in [2.24, 2.45) is 5.92 Å². The summed E-state index contributed by atoms with van der Waals surface area (Å²) >= 11 is 0. The van der Waals surface area contributed by atoms with E-state index in [-0.39, 0.29) is 5.92 Å². The van der Waals surface area contributed by atoms with E-state index in [4.69, 9.17) is 0 Å². The number of nitriles is 3. The molecule has 5 nitrogen and oxygen atoms in total. The zero-order valence-electron chi connectivity index (χ0n) is 27.8. The zero-order valence-corrected chi connectivity index (χ0v) is 27.8.